The molecule has 3 rings (SSSR count). The van der Waals surface area contributed by atoms with Crippen LogP contribution in [0.15, 0.2) is 29.1 Å². The Labute approximate surface area is 148 Å². The van der Waals surface area contributed by atoms with E-state index in [4.69, 9.17) is 11.6 Å². The summed E-state index contributed by atoms with van der Waals surface area (Å²) >= 11 is 9.53. The zero-order chi connectivity index (χ0) is 16.6. The number of benzene rings is 1. The van der Waals surface area contributed by atoms with E-state index in [0.717, 1.165) is 31.2 Å². The van der Waals surface area contributed by atoms with E-state index in [9.17, 15) is 4.79 Å². The first-order chi connectivity index (χ1) is 11.0. The number of fused-ring (bicyclic) bond motifs is 1. The van der Waals surface area contributed by atoms with E-state index in [2.05, 4.69) is 16.9 Å². The molecule has 3 nitrogen and oxygen atoms in total. The summed E-state index contributed by atoms with van der Waals surface area (Å²) in [7, 11) is 0. The highest BCUT2D eigenvalue weighted by molar-refractivity contribution is 7.98. The summed E-state index contributed by atoms with van der Waals surface area (Å²) in [4.78, 5) is 21.8. The molecule has 0 amide bonds. The molecule has 0 unspecified atom stereocenters. The number of nitrogens with one attached hydrogen (secondary N) is 1. The number of hydrogen-bond donors (Lipinski definition) is 1. The van der Waals surface area contributed by atoms with Crippen molar-refractivity contribution in [3.05, 3.63) is 61.5 Å². The summed E-state index contributed by atoms with van der Waals surface area (Å²) < 4.78 is 0. The Morgan fingerprint density at radius 1 is 1.35 bits per heavy atom. The smallest absolute Gasteiger partial charge is 0.259 e. The highest BCUT2D eigenvalue weighted by Gasteiger charge is 2.14. The number of H-pyrrole nitrogens is 1. The normalized spacial score (nSPS) is 12.7. The molecule has 1 N–H and O–H groups in total. The second kappa shape index (κ2) is 6.67. The van der Waals surface area contributed by atoms with Crippen LogP contribution in [-0.2, 0) is 5.75 Å². The summed E-state index contributed by atoms with van der Waals surface area (Å²) in [5.41, 5.74) is 2.09. The fourth-order valence-corrected chi connectivity index (χ4v) is 4.81. The minimum atomic E-state index is -0.0437. The van der Waals surface area contributed by atoms with Crippen LogP contribution in [0.3, 0.4) is 0 Å². The molecule has 120 valence electrons. The topological polar surface area (TPSA) is 45.8 Å². The average molecular weight is 365 g/mol. The number of aryl methyl sites for hydroxylation is 2. The number of nitrogens with zero attached hydrogens (tertiary/aromatic N) is 1. The van der Waals surface area contributed by atoms with Crippen molar-refractivity contribution in [2.24, 2.45) is 0 Å². The molecule has 0 aliphatic carbocycles. The number of aromatic nitrogens is 2. The molecule has 0 aliphatic heterocycles. The van der Waals surface area contributed by atoms with E-state index in [1.54, 1.807) is 23.1 Å². The minimum absolute atomic E-state index is 0.0437. The van der Waals surface area contributed by atoms with Gasteiger partial charge in [-0.3, -0.25) is 4.79 Å². The highest BCUT2D eigenvalue weighted by atomic mass is 35.5. The predicted octanol–water partition coefficient (Wildman–Crippen LogP) is 5.25. The number of thioether (sulfide) groups is 1. The van der Waals surface area contributed by atoms with E-state index in [1.807, 2.05) is 38.1 Å². The van der Waals surface area contributed by atoms with Gasteiger partial charge in [0.2, 0.25) is 0 Å². The largest absolute Gasteiger partial charge is 0.309 e. The molecular weight excluding hydrogens is 348 g/mol. The monoisotopic (exact) mass is 364 g/mol. The molecule has 3 aromatic rings. The number of hydrogen-bond acceptors (Lipinski definition) is 4. The SMILES string of the molecule is Cc1sc2nc(CS[C@H](C)c3ccccc3Cl)[nH]c(=O)c2c1C. The molecule has 0 bridgehead atoms. The van der Waals surface area contributed by atoms with Crippen LogP contribution in [0.4, 0.5) is 0 Å². The van der Waals surface area contributed by atoms with Crippen LogP contribution in [0.2, 0.25) is 5.02 Å². The Morgan fingerprint density at radius 2 is 2.09 bits per heavy atom. The van der Waals surface area contributed by atoms with Gasteiger partial charge in [-0.2, -0.15) is 0 Å². The van der Waals surface area contributed by atoms with Gasteiger partial charge in [-0.05, 0) is 38.0 Å². The van der Waals surface area contributed by atoms with E-state index in [-0.39, 0.29) is 10.8 Å². The van der Waals surface area contributed by atoms with Gasteiger partial charge in [-0.1, -0.05) is 29.8 Å². The molecule has 0 spiro atoms. The molecule has 6 heteroatoms. The summed E-state index contributed by atoms with van der Waals surface area (Å²) in [6.07, 6.45) is 0. The van der Waals surface area contributed by atoms with Crippen LogP contribution < -0.4 is 5.56 Å². The van der Waals surface area contributed by atoms with Crippen molar-refractivity contribution < 1.29 is 0 Å². The zero-order valence-corrected chi connectivity index (χ0v) is 15.5. The Hall–Kier alpha value is -1.30. The Bertz CT molecular complexity index is 917. The zero-order valence-electron chi connectivity index (χ0n) is 13.1. The fraction of sp³-hybridized carbons (Fsp3) is 0.294. The van der Waals surface area contributed by atoms with Crippen molar-refractivity contribution in [2.75, 3.05) is 0 Å². The first-order valence-corrected chi connectivity index (χ1v) is 9.56. The van der Waals surface area contributed by atoms with Gasteiger partial charge in [-0.15, -0.1) is 23.1 Å². The summed E-state index contributed by atoms with van der Waals surface area (Å²) in [5, 5.41) is 1.73. The van der Waals surface area contributed by atoms with Crippen molar-refractivity contribution >= 4 is 44.9 Å². The molecule has 0 aliphatic rings. The fourth-order valence-electron chi connectivity index (χ4n) is 2.47. The Kier molecular flexibility index (Phi) is 4.80. The van der Waals surface area contributed by atoms with Gasteiger partial charge in [0.25, 0.3) is 5.56 Å². The second-order valence-corrected chi connectivity index (χ2v) is 8.39. The third-order valence-electron chi connectivity index (χ3n) is 3.90. The Balaban J connectivity index is 1.82. The summed E-state index contributed by atoms with van der Waals surface area (Å²) in [5.74, 6) is 1.36. The van der Waals surface area contributed by atoms with Gasteiger partial charge in [0.05, 0.1) is 11.1 Å². The third-order valence-corrected chi connectivity index (χ3v) is 6.54. The number of rotatable bonds is 4. The quantitative estimate of drug-likeness (QED) is 0.687. The molecular formula is C17H17ClN2OS2. The van der Waals surface area contributed by atoms with Crippen LogP contribution in [0.1, 0.15) is 34.0 Å². The summed E-state index contributed by atoms with van der Waals surface area (Å²) in [6.45, 7) is 6.11. The highest BCUT2D eigenvalue weighted by Crippen LogP contribution is 2.34. The van der Waals surface area contributed by atoms with Gasteiger partial charge in [-0.25, -0.2) is 4.98 Å². The lowest BCUT2D eigenvalue weighted by molar-refractivity contribution is 1.03. The second-order valence-electron chi connectivity index (χ2n) is 5.45. The third kappa shape index (κ3) is 3.32. The predicted molar refractivity (Wildman–Crippen MR) is 101 cm³/mol. The Morgan fingerprint density at radius 3 is 2.83 bits per heavy atom. The van der Waals surface area contributed by atoms with Crippen LogP contribution in [0.25, 0.3) is 10.2 Å². The molecule has 0 saturated heterocycles. The lowest BCUT2D eigenvalue weighted by Crippen LogP contribution is -2.11. The van der Waals surface area contributed by atoms with E-state index in [0.29, 0.717) is 11.6 Å². The molecule has 1 atom stereocenters. The van der Waals surface area contributed by atoms with Crippen LogP contribution >= 0.6 is 34.7 Å². The van der Waals surface area contributed by atoms with Gasteiger partial charge >= 0.3 is 0 Å². The minimum Gasteiger partial charge on any atom is -0.309 e. The molecule has 2 aromatic heterocycles. The molecule has 0 fully saturated rings. The maximum Gasteiger partial charge on any atom is 0.259 e. The summed E-state index contributed by atoms with van der Waals surface area (Å²) in [6, 6.07) is 7.85. The van der Waals surface area contributed by atoms with Crippen LogP contribution in [0.5, 0.6) is 0 Å². The lowest BCUT2D eigenvalue weighted by Gasteiger charge is -2.12. The number of aromatic amines is 1. The van der Waals surface area contributed by atoms with Crippen molar-refractivity contribution in [1.82, 2.24) is 9.97 Å². The van der Waals surface area contributed by atoms with Crippen molar-refractivity contribution in [3.63, 3.8) is 0 Å². The maximum absolute atomic E-state index is 12.3. The maximum atomic E-state index is 12.3. The van der Waals surface area contributed by atoms with E-state index < -0.39 is 0 Å². The van der Waals surface area contributed by atoms with Crippen molar-refractivity contribution in [2.45, 2.75) is 31.8 Å². The van der Waals surface area contributed by atoms with Gasteiger partial charge in [0, 0.05) is 15.1 Å². The van der Waals surface area contributed by atoms with Crippen molar-refractivity contribution in [1.29, 1.82) is 0 Å². The van der Waals surface area contributed by atoms with E-state index >= 15 is 0 Å². The van der Waals surface area contributed by atoms with Gasteiger partial charge in [0.1, 0.15) is 10.7 Å². The molecule has 2 heterocycles. The van der Waals surface area contributed by atoms with Crippen molar-refractivity contribution in [3.8, 4) is 0 Å². The lowest BCUT2D eigenvalue weighted by atomic mass is 10.2. The van der Waals surface area contributed by atoms with Gasteiger partial charge < -0.3 is 4.98 Å². The van der Waals surface area contributed by atoms with Crippen LogP contribution in [0, 0.1) is 13.8 Å². The molecule has 0 radical (unpaired) electrons. The molecule has 1 aromatic carbocycles. The van der Waals surface area contributed by atoms with Gasteiger partial charge in [0.15, 0.2) is 0 Å². The van der Waals surface area contributed by atoms with E-state index in [1.165, 1.54) is 0 Å². The number of halogens is 1. The number of thiophene rings is 1. The first kappa shape index (κ1) is 16.6. The molecule has 23 heavy (non-hydrogen) atoms. The van der Waals surface area contributed by atoms with Crippen LogP contribution in [-0.4, -0.2) is 9.97 Å². The molecule has 0 saturated carbocycles. The standard InChI is InChI=1S/C17H17ClN2OS2/c1-9-10(2)23-17-15(9)16(21)19-14(20-17)8-22-11(3)12-6-4-5-7-13(12)18/h4-7,11H,8H2,1-3H3,(H,19,20,21)/t11-/m1/s1. The first-order valence-electron chi connectivity index (χ1n) is 7.32. The average Bonchev–Trinajstić information content (AvgIpc) is 2.80.